The Bertz CT molecular complexity index is 678. The predicted octanol–water partition coefficient (Wildman–Crippen LogP) is 0.966. The number of hydrogen-bond acceptors (Lipinski definition) is 4. The van der Waals surface area contributed by atoms with Crippen LogP contribution in [0.2, 0.25) is 0 Å². The Kier molecular flexibility index (Phi) is 2.80. The third kappa shape index (κ3) is 1.82. The van der Waals surface area contributed by atoms with E-state index in [2.05, 4.69) is 15.0 Å². The van der Waals surface area contributed by atoms with Crippen molar-refractivity contribution >= 4 is 17.0 Å². The zero-order valence-corrected chi connectivity index (χ0v) is 11.7. The molecule has 0 aliphatic carbocycles. The molecule has 0 aromatic carbocycles. The van der Waals surface area contributed by atoms with Crippen molar-refractivity contribution in [3.63, 3.8) is 0 Å². The number of fused-ring (bicyclic) bond motifs is 1. The first kappa shape index (κ1) is 12.2. The molecular formula is C13H19N5O. The molecule has 0 saturated carbocycles. The van der Waals surface area contributed by atoms with E-state index < -0.39 is 0 Å². The molecule has 0 spiro atoms. The smallest absolute Gasteiger partial charge is 0.280 e. The average Bonchev–Trinajstić information content (AvgIpc) is 2.70. The fourth-order valence-electron chi connectivity index (χ4n) is 2.82. The summed E-state index contributed by atoms with van der Waals surface area (Å²) in [6.45, 7) is 3.85. The molecule has 6 heteroatoms. The van der Waals surface area contributed by atoms with E-state index in [0.29, 0.717) is 5.52 Å². The van der Waals surface area contributed by atoms with Crippen LogP contribution in [0.5, 0.6) is 0 Å². The Morgan fingerprint density at radius 1 is 1.11 bits per heavy atom. The Hall–Kier alpha value is -1.85. The van der Waals surface area contributed by atoms with Gasteiger partial charge in [0.25, 0.3) is 5.56 Å². The summed E-state index contributed by atoms with van der Waals surface area (Å²) in [7, 11) is 3.58. The molecule has 19 heavy (non-hydrogen) atoms. The molecule has 0 unspecified atom stereocenters. The summed E-state index contributed by atoms with van der Waals surface area (Å²) < 4.78 is 3.27. The van der Waals surface area contributed by atoms with Crippen molar-refractivity contribution in [3.8, 4) is 0 Å². The highest BCUT2D eigenvalue weighted by atomic mass is 16.1. The quantitative estimate of drug-likeness (QED) is 0.767. The van der Waals surface area contributed by atoms with Gasteiger partial charge in [0.15, 0.2) is 5.52 Å². The van der Waals surface area contributed by atoms with Gasteiger partial charge in [-0.1, -0.05) is 0 Å². The molecule has 0 atom stereocenters. The zero-order valence-electron chi connectivity index (χ0n) is 11.7. The lowest BCUT2D eigenvalue weighted by atomic mass is 10.1. The molecule has 3 rings (SSSR count). The summed E-state index contributed by atoms with van der Waals surface area (Å²) in [6, 6.07) is 0. The molecule has 0 radical (unpaired) electrons. The van der Waals surface area contributed by atoms with Gasteiger partial charge in [0.1, 0.15) is 5.52 Å². The number of rotatable bonds is 1. The maximum atomic E-state index is 12.5. The summed E-state index contributed by atoms with van der Waals surface area (Å²) >= 11 is 0. The second-order valence-corrected chi connectivity index (χ2v) is 5.23. The minimum atomic E-state index is -0.0197. The van der Waals surface area contributed by atoms with E-state index in [1.807, 2.05) is 6.92 Å². The summed E-state index contributed by atoms with van der Waals surface area (Å²) in [5.41, 5.74) is 2.11. The van der Waals surface area contributed by atoms with Crippen LogP contribution < -0.4 is 10.5 Å². The van der Waals surface area contributed by atoms with E-state index in [1.54, 1.807) is 23.3 Å². The number of aromatic nitrogens is 4. The third-order valence-corrected chi connectivity index (χ3v) is 3.85. The zero-order chi connectivity index (χ0) is 13.6. The fourth-order valence-corrected chi connectivity index (χ4v) is 2.82. The minimum Gasteiger partial charge on any atom is -0.342 e. The first-order chi connectivity index (χ1) is 9.09. The second kappa shape index (κ2) is 4.36. The van der Waals surface area contributed by atoms with Crippen LogP contribution in [0.25, 0.3) is 11.0 Å². The van der Waals surface area contributed by atoms with E-state index in [0.717, 1.165) is 30.2 Å². The van der Waals surface area contributed by atoms with Crippen molar-refractivity contribution in [2.75, 3.05) is 18.0 Å². The topological polar surface area (TPSA) is 56.0 Å². The fraction of sp³-hybridized carbons (Fsp3) is 0.615. The van der Waals surface area contributed by atoms with Gasteiger partial charge in [0.05, 0.1) is 5.69 Å². The predicted molar refractivity (Wildman–Crippen MR) is 74.6 cm³/mol. The monoisotopic (exact) mass is 261 g/mol. The molecule has 0 N–H and O–H groups in total. The highest BCUT2D eigenvalue weighted by Crippen LogP contribution is 2.19. The van der Waals surface area contributed by atoms with Crippen LogP contribution in [0.4, 0.5) is 5.95 Å². The van der Waals surface area contributed by atoms with Gasteiger partial charge < -0.3 is 4.90 Å². The van der Waals surface area contributed by atoms with E-state index in [1.165, 1.54) is 19.3 Å². The lowest BCUT2D eigenvalue weighted by Crippen LogP contribution is -2.35. The molecule has 2 aromatic rings. The Morgan fingerprint density at radius 3 is 2.47 bits per heavy atom. The van der Waals surface area contributed by atoms with Gasteiger partial charge in [-0.2, -0.15) is 5.10 Å². The average molecular weight is 261 g/mol. The molecular weight excluding hydrogens is 242 g/mol. The summed E-state index contributed by atoms with van der Waals surface area (Å²) in [6.07, 6.45) is 3.60. The molecule has 102 valence electrons. The van der Waals surface area contributed by atoms with Gasteiger partial charge in [0, 0.05) is 27.2 Å². The largest absolute Gasteiger partial charge is 0.342 e. The lowest BCUT2D eigenvalue weighted by Gasteiger charge is -2.28. The van der Waals surface area contributed by atoms with Crippen LogP contribution in [-0.2, 0) is 14.1 Å². The first-order valence-electron chi connectivity index (χ1n) is 6.75. The van der Waals surface area contributed by atoms with Crippen molar-refractivity contribution in [1.82, 2.24) is 19.3 Å². The van der Waals surface area contributed by atoms with Gasteiger partial charge in [-0.3, -0.25) is 14.0 Å². The van der Waals surface area contributed by atoms with Crippen LogP contribution in [-0.4, -0.2) is 32.4 Å². The Morgan fingerprint density at radius 2 is 1.79 bits per heavy atom. The SMILES string of the molecule is Cc1nn(C)c2c(=O)n(C)c(N3CCCCC3)nc12. The van der Waals surface area contributed by atoms with E-state index in [-0.39, 0.29) is 5.56 Å². The van der Waals surface area contributed by atoms with Crippen molar-refractivity contribution < 1.29 is 0 Å². The number of anilines is 1. The lowest BCUT2D eigenvalue weighted by molar-refractivity contribution is 0.558. The molecule has 0 bridgehead atoms. The molecule has 2 aromatic heterocycles. The van der Waals surface area contributed by atoms with Gasteiger partial charge in [0.2, 0.25) is 5.95 Å². The van der Waals surface area contributed by atoms with Crippen LogP contribution >= 0.6 is 0 Å². The number of aryl methyl sites for hydroxylation is 2. The number of piperidine rings is 1. The van der Waals surface area contributed by atoms with Gasteiger partial charge in [-0.05, 0) is 26.2 Å². The van der Waals surface area contributed by atoms with Crippen LogP contribution in [0, 0.1) is 6.92 Å². The number of nitrogens with zero attached hydrogens (tertiary/aromatic N) is 5. The van der Waals surface area contributed by atoms with Crippen LogP contribution in [0.3, 0.4) is 0 Å². The van der Waals surface area contributed by atoms with Crippen molar-refractivity contribution in [3.05, 3.63) is 16.0 Å². The molecule has 6 nitrogen and oxygen atoms in total. The van der Waals surface area contributed by atoms with E-state index in [9.17, 15) is 4.79 Å². The first-order valence-corrected chi connectivity index (χ1v) is 6.75. The standard InChI is InChI=1S/C13H19N5O/c1-9-10-11(17(3)15-9)12(19)16(2)13(14-10)18-7-5-4-6-8-18/h4-8H2,1-3H3. The summed E-state index contributed by atoms with van der Waals surface area (Å²) in [4.78, 5) is 19.4. The molecule has 1 aliphatic rings. The maximum Gasteiger partial charge on any atom is 0.280 e. The maximum absolute atomic E-state index is 12.5. The van der Waals surface area contributed by atoms with E-state index in [4.69, 9.17) is 0 Å². The third-order valence-electron chi connectivity index (χ3n) is 3.85. The summed E-state index contributed by atoms with van der Waals surface area (Å²) in [5.74, 6) is 0.772. The summed E-state index contributed by atoms with van der Waals surface area (Å²) in [5, 5.41) is 4.30. The molecule has 0 amide bonds. The highest BCUT2D eigenvalue weighted by Gasteiger charge is 2.20. The van der Waals surface area contributed by atoms with Gasteiger partial charge in [-0.25, -0.2) is 4.98 Å². The minimum absolute atomic E-state index is 0.0197. The van der Waals surface area contributed by atoms with Crippen molar-refractivity contribution in [2.24, 2.45) is 14.1 Å². The molecule has 3 heterocycles. The number of hydrogen-bond donors (Lipinski definition) is 0. The molecule has 1 aliphatic heterocycles. The van der Waals surface area contributed by atoms with Crippen LogP contribution in [0.1, 0.15) is 25.0 Å². The normalized spacial score (nSPS) is 16.3. The van der Waals surface area contributed by atoms with Crippen LogP contribution in [0.15, 0.2) is 4.79 Å². The van der Waals surface area contributed by atoms with Crippen molar-refractivity contribution in [2.45, 2.75) is 26.2 Å². The van der Waals surface area contributed by atoms with E-state index >= 15 is 0 Å². The van der Waals surface area contributed by atoms with Gasteiger partial charge in [-0.15, -0.1) is 0 Å². The van der Waals surface area contributed by atoms with Crippen molar-refractivity contribution in [1.29, 1.82) is 0 Å². The Labute approximate surface area is 111 Å². The molecule has 1 fully saturated rings. The second-order valence-electron chi connectivity index (χ2n) is 5.23. The Balaban J connectivity index is 2.23. The highest BCUT2D eigenvalue weighted by molar-refractivity contribution is 5.77. The molecule has 1 saturated heterocycles. The van der Waals surface area contributed by atoms with Gasteiger partial charge >= 0.3 is 0 Å².